The zero-order valence-electron chi connectivity index (χ0n) is 17.3. The first-order chi connectivity index (χ1) is 14.7. The Morgan fingerprint density at radius 1 is 0.967 bits per heavy atom. The van der Waals surface area contributed by atoms with E-state index in [4.69, 9.17) is 4.98 Å². The molecule has 30 heavy (non-hydrogen) atoms. The molecule has 8 nitrogen and oxygen atoms in total. The Morgan fingerprint density at radius 2 is 1.90 bits per heavy atom. The minimum Gasteiger partial charge on any atom is -0.369 e. The Morgan fingerprint density at radius 3 is 2.73 bits per heavy atom. The van der Waals surface area contributed by atoms with Crippen molar-refractivity contribution in [2.24, 2.45) is 0 Å². The zero-order chi connectivity index (χ0) is 20.5. The van der Waals surface area contributed by atoms with Crippen LogP contribution in [-0.2, 0) is 0 Å². The molecule has 5 rings (SSSR count). The first kappa shape index (κ1) is 18.7. The number of hydrogen-bond donors (Lipinski definition) is 2. The lowest BCUT2D eigenvalue weighted by molar-refractivity contribution is 0.724. The van der Waals surface area contributed by atoms with Crippen molar-refractivity contribution in [2.45, 2.75) is 26.2 Å². The van der Waals surface area contributed by atoms with Crippen LogP contribution in [0.1, 0.15) is 31.9 Å². The Bertz CT molecular complexity index is 1160. The molecule has 1 aliphatic rings. The zero-order valence-corrected chi connectivity index (χ0v) is 17.3. The lowest BCUT2D eigenvalue weighted by atomic mass is 10.1. The highest BCUT2D eigenvalue weighted by atomic mass is 15.2. The first-order valence-electron chi connectivity index (χ1n) is 10.5. The van der Waals surface area contributed by atoms with Gasteiger partial charge in [-0.1, -0.05) is 13.8 Å². The molecule has 2 N–H and O–H groups in total. The van der Waals surface area contributed by atoms with E-state index in [9.17, 15) is 0 Å². The highest BCUT2D eigenvalue weighted by molar-refractivity contribution is 5.79. The van der Waals surface area contributed by atoms with Crippen molar-refractivity contribution in [3.8, 4) is 0 Å². The summed E-state index contributed by atoms with van der Waals surface area (Å²) in [7, 11) is 0. The molecule has 1 aliphatic heterocycles. The fraction of sp³-hybridized carbons (Fsp3) is 0.364. The number of nitrogens with zero attached hydrogens (tertiary/aromatic N) is 6. The van der Waals surface area contributed by atoms with E-state index in [0.29, 0.717) is 11.9 Å². The highest BCUT2D eigenvalue weighted by Crippen LogP contribution is 2.23. The van der Waals surface area contributed by atoms with Crippen LogP contribution >= 0.6 is 0 Å². The van der Waals surface area contributed by atoms with Gasteiger partial charge in [-0.3, -0.25) is 4.40 Å². The normalized spacial score (nSPS) is 15.1. The van der Waals surface area contributed by atoms with Crippen molar-refractivity contribution in [2.75, 3.05) is 36.4 Å². The minimum atomic E-state index is 0.348. The van der Waals surface area contributed by atoms with Crippen LogP contribution in [-0.4, -0.2) is 50.5 Å². The Labute approximate surface area is 175 Å². The maximum atomic E-state index is 4.78. The Hall–Kier alpha value is -3.26. The topological polar surface area (TPSA) is 83.3 Å². The number of nitrogens with one attached hydrogen (secondary N) is 2. The number of pyridine rings is 2. The first-order valence-corrected chi connectivity index (χ1v) is 10.5. The van der Waals surface area contributed by atoms with Crippen molar-refractivity contribution in [3.05, 3.63) is 48.5 Å². The molecule has 0 aliphatic carbocycles. The van der Waals surface area contributed by atoms with Crippen LogP contribution < -0.4 is 15.5 Å². The SMILES string of the molecule is CC(C)c1cnc2ccc3cnc(Nc4ccc(N5CCCNCC5)cn4)nc3n12. The van der Waals surface area contributed by atoms with Gasteiger partial charge in [-0.15, -0.1) is 0 Å². The van der Waals surface area contributed by atoms with Gasteiger partial charge in [0.1, 0.15) is 11.5 Å². The fourth-order valence-electron chi connectivity index (χ4n) is 3.90. The van der Waals surface area contributed by atoms with Crippen molar-refractivity contribution in [1.82, 2.24) is 29.7 Å². The van der Waals surface area contributed by atoms with E-state index in [-0.39, 0.29) is 0 Å². The lowest BCUT2D eigenvalue weighted by Crippen LogP contribution is -2.27. The average molecular weight is 403 g/mol. The molecule has 0 unspecified atom stereocenters. The van der Waals surface area contributed by atoms with Crippen LogP contribution in [0.15, 0.2) is 42.9 Å². The van der Waals surface area contributed by atoms with Crippen LogP contribution in [0.2, 0.25) is 0 Å². The van der Waals surface area contributed by atoms with Gasteiger partial charge < -0.3 is 15.5 Å². The molecule has 0 aromatic carbocycles. The predicted molar refractivity (Wildman–Crippen MR) is 120 cm³/mol. The van der Waals surface area contributed by atoms with Gasteiger partial charge in [0.05, 0.1) is 11.9 Å². The monoisotopic (exact) mass is 402 g/mol. The smallest absolute Gasteiger partial charge is 0.230 e. The summed E-state index contributed by atoms with van der Waals surface area (Å²) in [4.78, 5) is 20.7. The summed E-state index contributed by atoms with van der Waals surface area (Å²) in [6.45, 7) is 8.45. The number of aromatic nitrogens is 5. The van der Waals surface area contributed by atoms with E-state index < -0.39 is 0 Å². The summed E-state index contributed by atoms with van der Waals surface area (Å²) in [6, 6.07) is 8.10. The summed E-state index contributed by atoms with van der Waals surface area (Å²) in [5, 5.41) is 7.65. The van der Waals surface area contributed by atoms with Gasteiger partial charge in [0.15, 0.2) is 5.65 Å². The van der Waals surface area contributed by atoms with Gasteiger partial charge in [-0.2, -0.15) is 4.98 Å². The molecule has 0 radical (unpaired) electrons. The van der Waals surface area contributed by atoms with Crippen molar-refractivity contribution in [3.63, 3.8) is 0 Å². The molecule has 4 aromatic heterocycles. The summed E-state index contributed by atoms with van der Waals surface area (Å²) in [5.41, 5.74) is 4.02. The van der Waals surface area contributed by atoms with Gasteiger partial charge >= 0.3 is 0 Å². The van der Waals surface area contributed by atoms with Crippen LogP contribution in [0.4, 0.5) is 17.5 Å². The molecule has 1 saturated heterocycles. The number of fused-ring (bicyclic) bond motifs is 3. The largest absolute Gasteiger partial charge is 0.369 e. The van der Waals surface area contributed by atoms with E-state index in [1.54, 1.807) is 0 Å². The predicted octanol–water partition coefficient (Wildman–Crippen LogP) is 3.34. The molecular weight excluding hydrogens is 376 g/mol. The third-order valence-corrected chi connectivity index (χ3v) is 5.52. The van der Waals surface area contributed by atoms with Crippen LogP contribution in [0.3, 0.4) is 0 Å². The minimum absolute atomic E-state index is 0.348. The Kier molecular flexibility index (Phi) is 4.92. The molecule has 0 atom stereocenters. The number of rotatable bonds is 4. The van der Waals surface area contributed by atoms with Gasteiger partial charge in [0, 0.05) is 43.1 Å². The molecule has 8 heteroatoms. The Balaban J connectivity index is 1.43. The molecule has 5 heterocycles. The number of anilines is 3. The summed E-state index contributed by atoms with van der Waals surface area (Å²) in [6.07, 6.45) is 6.83. The lowest BCUT2D eigenvalue weighted by Gasteiger charge is -2.21. The molecule has 154 valence electrons. The molecule has 0 saturated carbocycles. The van der Waals surface area contributed by atoms with Crippen LogP contribution in [0, 0.1) is 0 Å². The standard InChI is InChI=1S/C22H26N8/c1-15(2)18-14-25-20-7-4-16-12-26-22(28-21(16)30(18)20)27-19-6-5-17(13-24-19)29-10-3-8-23-9-11-29/h4-7,12-15,23H,3,8-11H2,1-2H3,(H,24,26,27,28). The fourth-order valence-corrected chi connectivity index (χ4v) is 3.90. The second-order valence-corrected chi connectivity index (χ2v) is 7.95. The molecule has 0 spiro atoms. The number of hydrogen-bond acceptors (Lipinski definition) is 7. The molecular formula is C22H26N8. The second kappa shape index (κ2) is 7.87. The van der Waals surface area contributed by atoms with E-state index in [2.05, 4.69) is 54.8 Å². The van der Waals surface area contributed by atoms with E-state index in [1.165, 1.54) is 0 Å². The molecule has 1 fully saturated rings. The molecule has 0 amide bonds. The number of imidazole rings is 1. The van der Waals surface area contributed by atoms with Gasteiger partial charge in [-0.25, -0.2) is 15.0 Å². The van der Waals surface area contributed by atoms with E-state index in [0.717, 1.165) is 66.5 Å². The molecule has 4 aromatic rings. The third-order valence-electron chi connectivity index (χ3n) is 5.52. The van der Waals surface area contributed by atoms with Crippen LogP contribution in [0.5, 0.6) is 0 Å². The van der Waals surface area contributed by atoms with Crippen LogP contribution in [0.25, 0.3) is 16.7 Å². The van der Waals surface area contributed by atoms with Gasteiger partial charge in [-0.05, 0) is 43.1 Å². The average Bonchev–Trinajstić information content (AvgIpc) is 3.02. The van der Waals surface area contributed by atoms with E-state index >= 15 is 0 Å². The van der Waals surface area contributed by atoms with Crippen molar-refractivity contribution >= 4 is 34.1 Å². The van der Waals surface area contributed by atoms with Gasteiger partial charge in [0.2, 0.25) is 5.95 Å². The summed E-state index contributed by atoms with van der Waals surface area (Å²) in [5.74, 6) is 1.60. The van der Waals surface area contributed by atoms with Crippen molar-refractivity contribution in [1.29, 1.82) is 0 Å². The van der Waals surface area contributed by atoms with E-state index in [1.807, 2.05) is 36.8 Å². The third kappa shape index (κ3) is 3.54. The maximum Gasteiger partial charge on any atom is 0.230 e. The molecule has 0 bridgehead atoms. The highest BCUT2D eigenvalue weighted by Gasteiger charge is 2.13. The van der Waals surface area contributed by atoms with Crippen molar-refractivity contribution < 1.29 is 0 Å². The second-order valence-electron chi connectivity index (χ2n) is 7.95. The summed E-state index contributed by atoms with van der Waals surface area (Å²) >= 11 is 0. The van der Waals surface area contributed by atoms with Gasteiger partial charge in [0.25, 0.3) is 0 Å². The maximum absolute atomic E-state index is 4.78. The summed E-state index contributed by atoms with van der Waals surface area (Å²) < 4.78 is 2.11. The quantitative estimate of drug-likeness (QED) is 0.542.